The topological polar surface area (TPSA) is 50.2 Å². The fourth-order valence-electron chi connectivity index (χ4n) is 3.59. The molecule has 3 aromatic rings. The molecule has 1 amide bonds. The van der Waals surface area contributed by atoms with E-state index in [-0.39, 0.29) is 5.91 Å². The van der Waals surface area contributed by atoms with Gasteiger partial charge in [-0.05, 0) is 43.5 Å². The lowest BCUT2D eigenvalue weighted by Crippen LogP contribution is -2.33. The smallest absolute Gasteiger partial charge is 0.240 e. The van der Waals surface area contributed by atoms with E-state index in [0.29, 0.717) is 12.5 Å². The van der Waals surface area contributed by atoms with Crippen LogP contribution in [0, 0.1) is 12.8 Å². The Morgan fingerprint density at radius 3 is 2.85 bits per heavy atom. The summed E-state index contributed by atoms with van der Waals surface area (Å²) in [5.41, 5.74) is 4.47. The predicted octanol–water partition coefficient (Wildman–Crippen LogP) is 2.99. The third-order valence-corrected chi connectivity index (χ3v) is 5.11. The number of amides is 1. The van der Waals surface area contributed by atoms with Gasteiger partial charge in [-0.25, -0.2) is 4.98 Å². The van der Waals surface area contributed by atoms with Crippen molar-refractivity contribution in [3.05, 3.63) is 60.4 Å². The van der Waals surface area contributed by atoms with Gasteiger partial charge in [-0.3, -0.25) is 4.79 Å². The van der Waals surface area contributed by atoms with Crippen LogP contribution < -0.4 is 10.2 Å². The van der Waals surface area contributed by atoms with Crippen molar-refractivity contribution in [1.29, 1.82) is 0 Å². The summed E-state index contributed by atoms with van der Waals surface area (Å²) in [6.45, 7) is 5.20. The van der Waals surface area contributed by atoms with Gasteiger partial charge in [0, 0.05) is 25.3 Å². The second kappa shape index (κ2) is 7.20. The van der Waals surface area contributed by atoms with E-state index in [2.05, 4.69) is 46.4 Å². The van der Waals surface area contributed by atoms with Gasteiger partial charge in [0.2, 0.25) is 5.91 Å². The van der Waals surface area contributed by atoms with Gasteiger partial charge in [0.05, 0.1) is 17.4 Å². The zero-order valence-corrected chi connectivity index (χ0v) is 15.1. The van der Waals surface area contributed by atoms with Crippen LogP contribution in [0.2, 0.25) is 0 Å². The number of para-hydroxylation sites is 2. The van der Waals surface area contributed by atoms with Crippen LogP contribution in [0.25, 0.3) is 11.0 Å². The summed E-state index contributed by atoms with van der Waals surface area (Å²) in [5, 5.41) is 3.09. The number of benzene rings is 2. The van der Waals surface area contributed by atoms with Gasteiger partial charge in [0.1, 0.15) is 6.54 Å². The molecule has 1 unspecified atom stereocenters. The maximum Gasteiger partial charge on any atom is 0.240 e. The Labute approximate surface area is 153 Å². The highest BCUT2D eigenvalue weighted by Crippen LogP contribution is 2.23. The first-order chi connectivity index (χ1) is 12.7. The van der Waals surface area contributed by atoms with Crippen LogP contribution in [0.15, 0.2) is 54.9 Å². The van der Waals surface area contributed by atoms with Crippen molar-refractivity contribution >= 4 is 22.6 Å². The van der Waals surface area contributed by atoms with Crippen LogP contribution in [0.4, 0.5) is 5.69 Å². The number of imidazole rings is 1. The summed E-state index contributed by atoms with van der Waals surface area (Å²) >= 11 is 0. The van der Waals surface area contributed by atoms with E-state index in [4.69, 9.17) is 0 Å². The molecule has 26 heavy (non-hydrogen) atoms. The number of fused-ring (bicyclic) bond motifs is 1. The molecule has 5 nitrogen and oxygen atoms in total. The van der Waals surface area contributed by atoms with E-state index in [1.54, 1.807) is 6.33 Å². The minimum Gasteiger partial charge on any atom is -0.371 e. The zero-order valence-electron chi connectivity index (χ0n) is 15.1. The molecule has 1 atom stereocenters. The second-order valence-electron chi connectivity index (χ2n) is 7.10. The molecule has 1 saturated heterocycles. The maximum atomic E-state index is 12.3. The third-order valence-electron chi connectivity index (χ3n) is 5.11. The standard InChI is InChI=1S/C21H24N4O/c1-16-6-8-18(9-7-16)24-11-10-17(13-24)12-22-21(26)14-25-15-23-19-4-2-3-5-20(19)25/h2-9,15,17H,10-14H2,1H3,(H,22,26). The van der Waals surface area contributed by atoms with E-state index in [1.807, 2.05) is 28.8 Å². The van der Waals surface area contributed by atoms with Gasteiger partial charge in [0.25, 0.3) is 0 Å². The molecule has 2 aromatic carbocycles. The van der Waals surface area contributed by atoms with Crippen LogP contribution in [0.5, 0.6) is 0 Å². The number of nitrogens with zero attached hydrogens (tertiary/aromatic N) is 3. The average molecular weight is 348 g/mol. The Bertz CT molecular complexity index is 900. The number of aryl methyl sites for hydroxylation is 1. The molecule has 0 bridgehead atoms. The first-order valence-electron chi connectivity index (χ1n) is 9.17. The number of hydrogen-bond acceptors (Lipinski definition) is 3. The molecule has 0 radical (unpaired) electrons. The van der Waals surface area contributed by atoms with Crippen molar-refractivity contribution in [2.45, 2.75) is 19.9 Å². The molecule has 2 heterocycles. The van der Waals surface area contributed by atoms with E-state index in [9.17, 15) is 4.79 Å². The molecule has 0 aliphatic carbocycles. The summed E-state index contributed by atoms with van der Waals surface area (Å²) in [7, 11) is 0. The summed E-state index contributed by atoms with van der Waals surface area (Å²) in [6.07, 6.45) is 2.85. The van der Waals surface area contributed by atoms with E-state index in [0.717, 1.165) is 37.1 Å². The largest absolute Gasteiger partial charge is 0.371 e. The molecule has 1 aliphatic rings. The third kappa shape index (κ3) is 3.57. The number of carbonyl (C=O) groups excluding carboxylic acids is 1. The normalized spacial score (nSPS) is 17.0. The van der Waals surface area contributed by atoms with Gasteiger partial charge in [-0.1, -0.05) is 29.8 Å². The number of anilines is 1. The molecule has 1 aromatic heterocycles. The molecule has 4 rings (SSSR count). The van der Waals surface area contributed by atoms with Gasteiger partial charge in [-0.2, -0.15) is 0 Å². The lowest BCUT2D eigenvalue weighted by atomic mass is 10.1. The van der Waals surface area contributed by atoms with Crippen molar-refractivity contribution in [2.75, 3.05) is 24.5 Å². The first kappa shape index (κ1) is 16.6. The Hall–Kier alpha value is -2.82. The molecular formula is C21H24N4O. The van der Waals surface area contributed by atoms with Crippen LogP contribution in [0.1, 0.15) is 12.0 Å². The second-order valence-corrected chi connectivity index (χ2v) is 7.10. The fourth-order valence-corrected chi connectivity index (χ4v) is 3.59. The molecule has 0 saturated carbocycles. The highest BCUT2D eigenvalue weighted by molar-refractivity contribution is 5.80. The molecule has 134 valence electrons. The predicted molar refractivity (Wildman–Crippen MR) is 104 cm³/mol. The Kier molecular flexibility index (Phi) is 4.61. The maximum absolute atomic E-state index is 12.3. The van der Waals surface area contributed by atoms with Crippen molar-refractivity contribution in [3.63, 3.8) is 0 Å². The summed E-state index contributed by atoms with van der Waals surface area (Å²) < 4.78 is 1.90. The monoisotopic (exact) mass is 348 g/mol. The number of nitrogens with one attached hydrogen (secondary N) is 1. The molecule has 1 N–H and O–H groups in total. The van der Waals surface area contributed by atoms with Crippen molar-refractivity contribution in [2.24, 2.45) is 5.92 Å². The van der Waals surface area contributed by atoms with E-state index >= 15 is 0 Å². The van der Waals surface area contributed by atoms with Crippen LogP contribution in [-0.4, -0.2) is 35.1 Å². The summed E-state index contributed by atoms with van der Waals surface area (Å²) in [6, 6.07) is 16.5. The fraction of sp³-hybridized carbons (Fsp3) is 0.333. The minimum absolute atomic E-state index is 0.0435. The van der Waals surface area contributed by atoms with E-state index in [1.165, 1.54) is 11.3 Å². The van der Waals surface area contributed by atoms with Gasteiger partial charge >= 0.3 is 0 Å². The lowest BCUT2D eigenvalue weighted by molar-refractivity contribution is -0.121. The Morgan fingerprint density at radius 2 is 2.00 bits per heavy atom. The van der Waals surface area contributed by atoms with Crippen molar-refractivity contribution in [3.8, 4) is 0 Å². The lowest BCUT2D eigenvalue weighted by Gasteiger charge is -2.19. The highest BCUT2D eigenvalue weighted by atomic mass is 16.1. The minimum atomic E-state index is 0.0435. The number of aromatic nitrogens is 2. The average Bonchev–Trinajstić information content (AvgIpc) is 3.28. The molecule has 1 fully saturated rings. The van der Waals surface area contributed by atoms with Crippen LogP contribution in [0.3, 0.4) is 0 Å². The Balaban J connectivity index is 1.29. The zero-order chi connectivity index (χ0) is 17.9. The first-order valence-corrected chi connectivity index (χ1v) is 9.17. The van der Waals surface area contributed by atoms with Crippen molar-refractivity contribution < 1.29 is 4.79 Å². The van der Waals surface area contributed by atoms with Gasteiger partial charge in [-0.15, -0.1) is 0 Å². The van der Waals surface area contributed by atoms with Crippen LogP contribution >= 0.6 is 0 Å². The molecule has 1 aliphatic heterocycles. The molecule has 5 heteroatoms. The molecule has 0 spiro atoms. The van der Waals surface area contributed by atoms with Crippen molar-refractivity contribution in [1.82, 2.24) is 14.9 Å². The summed E-state index contributed by atoms with van der Waals surface area (Å²) in [4.78, 5) is 19.1. The highest BCUT2D eigenvalue weighted by Gasteiger charge is 2.23. The quantitative estimate of drug-likeness (QED) is 0.771. The van der Waals surface area contributed by atoms with Gasteiger partial charge in [0.15, 0.2) is 0 Å². The number of rotatable bonds is 5. The number of carbonyl (C=O) groups is 1. The van der Waals surface area contributed by atoms with E-state index < -0.39 is 0 Å². The molecular weight excluding hydrogens is 324 g/mol. The number of hydrogen-bond donors (Lipinski definition) is 1. The summed E-state index contributed by atoms with van der Waals surface area (Å²) in [5.74, 6) is 0.543. The van der Waals surface area contributed by atoms with Gasteiger partial charge < -0.3 is 14.8 Å². The van der Waals surface area contributed by atoms with Crippen LogP contribution in [-0.2, 0) is 11.3 Å². The SMILES string of the molecule is Cc1ccc(N2CCC(CNC(=O)Cn3cnc4ccccc43)C2)cc1. The Morgan fingerprint density at radius 1 is 1.19 bits per heavy atom.